The molecular weight excluding hydrogens is 454 g/mol. The zero-order chi connectivity index (χ0) is 23.5. The van der Waals surface area contributed by atoms with Crippen LogP contribution < -0.4 is 10.1 Å². The summed E-state index contributed by atoms with van der Waals surface area (Å²) >= 11 is 2.85. The molecule has 9 heteroatoms. The number of carbonyl (C=O) groups excluding carboxylic acids is 1. The number of benzene rings is 1. The van der Waals surface area contributed by atoms with E-state index in [-0.39, 0.29) is 17.8 Å². The van der Waals surface area contributed by atoms with Crippen molar-refractivity contribution in [1.29, 1.82) is 5.26 Å². The lowest BCUT2D eigenvalue weighted by Gasteiger charge is -2.17. The summed E-state index contributed by atoms with van der Waals surface area (Å²) in [4.78, 5) is 13.9. The third-order valence-corrected chi connectivity index (χ3v) is 8.03. The molecule has 4 rings (SSSR count). The van der Waals surface area contributed by atoms with Gasteiger partial charge in [-0.05, 0) is 56.2 Å². The van der Waals surface area contributed by atoms with Crippen LogP contribution in [0.15, 0.2) is 29.4 Å². The number of nitriles is 1. The highest BCUT2D eigenvalue weighted by Gasteiger charge is 2.25. The van der Waals surface area contributed by atoms with E-state index in [0.717, 1.165) is 36.1 Å². The van der Waals surface area contributed by atoms with Gasteiger partial charge in [0.05, 0.1) is 11.3 Å². The summed E-state index contributed by atoms with van der Waals surface area (Å²) in [5, 5.41) is 22.4. The average molecular weight is 482 g/mol. The standard InChI is InChI=1S/C24H27N5O2S2/c1-14-9-10-17-18(12-25)23(33-20(17)11-14)26-21(30)13-32-24-28-27-22(29(24)4)16(3)31-19-8-6-5-7-15(19)2/h5-8,14,16H,9-11,13H2,1-4H3,(H,26,30). The second kappa shape index (κ2) is 9.98. The fraction of sp³-hybridized carbons (Fsp3) is 0.417. The third-order valence-electron chi connectivity index (χ3n) is 5.84. The monoisotopic (exact) mass is 481 g/mol. The number of aryl methyl sites for hydroxylation is 1. The molecule has 7 nitrogen and oxygen atoms in total. The van der Waals surface area contributed by atoms with E-state index in [2.05, 4.69) is 28.5 Å². The number of rotatable bonds is 7. The minimum atomic E-state index is -0.287. The lowest BCUT2D eigenvalue weighted by molar-refractivity contribution is -0.113. The first-order valence-electron chi connectivity index (χ1n) is 11.0. The Kier molecular flexibility index (Phi) is 7.05. The summed E-state index contributed by atoms with van der Waals surface area (Å²) in [7, 11) is 1.87. The topological polar surface area (TPSA) is 92.8 Å². The van der Waals surface area contributed by atoms with E-state index in [9.17, 15) is 10.1 Å². The van der Waals surface area contributed by atoms with Gasteiger partial charge >= 0.3 is 0 Å². The number of ether oxygens (including phenoxy) is 1. The first kappa shape index (κ1) is 23.3. The lowest BCUT2D eigenvalue weighted by Crippen LogP contribution is -2.15. The normalized spacial score (nSPS) is 16.0. The summed E-state index contributed by atoms with van der Waals surface area (Å²) in [5.74, 6) is 2.14. The Hall–Kier alpha value is -2.83. The number of thioether (sulfide) groups is 1. The first-order chi connectivity index (χ1) is 15.9. The van der Waals surface area contributed by atoms with Crippen LogP contribution in [0.2, 0.25) is 0 Å². The Balaban J connectivity index is 1.38. The summed E-state index contributed by atoms with van der Waals surface area (Å²) in [6.07, 6.45) is 2.68. The van der Waals surface area contributed by atoms with E-state index < -0.39 is 0 Å². The van der Waals surface area contributed by atoms with Gasteiger partial charge < -0.3 is 14.6 Å². The smallest absolute Gasteiger partial charge is 0.235 e. The molecule has 2 unspecified atom stereocenters. The van der Waals surface area contributed by atoms with Crippen LogP contribution in [0.3, 0.4) is 0 Å². The van der Waals surface area contributed by atoms with Crippen LogP contribution in [0.5, 0.6) is 5.75 Å². The van der Waals surface area contributed by atoms with Gasteiger partial charge in [0.15, 0.2) is 17.1 Å². The Bertz CT molecular complexity index is 1210. The van der Waals surface area contributed by atoms with Gasteiger partial charge in [0.1, 0.15) is 16.8 Å². The van der Waals surface area contributed by atoms with Crippen LogP contribution >= 0.6 is 23.1 Å². The Morgan fingerprint density at radius 3 is 2.97 bits per heavy atom. The van der Waals surface area contributed by atoms with Gasteiger partial charge in [-0.25, -0.2) is 0 Å². The highest BCUT2D eigenvalue weighted by atomic mass is 32.2. The summed E-state index contributed by atoms with van der Waals surface area (Å²) in [5.41, 5.74) is 2.80. The van der Waals surface area contributed by atoms with Crippen molar-refractivity contribution >= 4 is 34.0 Å². The number of fused-ring (bicyclic) bond motifs is 1. The Labute approximate surface area is 202 Å². The third kappa shape index (κ3) is 5.07. The zero-order valence-electron chi connectivity index (χ0n) is 19.2. The van der Waals surface area contributed by atoms with Crippen molar-refractivity contribution in [2.24, 2.45) is 13.0 Å². The number of nitrogens with one attached hydrogen (secondary N) is 1. The highest BCUT2D eigenvalue weighted by molar-refractivity contribution is 7.99. The summed E-state index contributed by atoms with van der Waals surface area (Å²) < 4.78 is 7.92. The minimum absolute atomic E-state index is 0.156. The predicted molar refractivity (Wildman–Crippen MR) is 131 cm³/mol. The fourth-order valence-electron chi connectivity index (χ4n) is 3.99. The van der Waals surface area contributed by atoms with E-state index in [1.807, 2.05) is 49.7 Å². The average Bonchev–Trinajstić information content (AvgIpc) is 3.32. The predicted octanol–water partition coefficient (Wildman–Crippen LogP) is 5.05. The molecule has 1 aliphatic carbocycles. The molecule has 0 spiro atoms. The van der Waals surface area contributed by atoms with E-state index in [1.165, 1.54) is 16.6 Å². The van der Waals surface area contributed by atoms with Crippen LogP contribution in [-0.2, 0) is 24.7 Å². The molecule has 0 saturated heterocycles. The van der Waals surface area contributed by atoms with Crippen molar-refractivity contribution in [3.63, 3.8) is 0 Å². The van der Waals surface area contributed by atoms with Gasteiger partial charge in [0.2, 0.25) is 5.91 Å². The quantitative estimate of drug-likeness (QED) is 0.475. The molecule has 1 aliphatic rings. The second-order valence-corrected chi connectivity index (χ2v) is 10.5. The van der Waals surface area contributed by atoms with E-state index in [1.54, 1.807) is 11.3 Å². The fourth-order valence-corrected chi connectivity index (χ4v) is 6.08. The van der Waals surface area contributed by atoms with E-state index >= 15 is 0 Å². The van der Waals surface area contributed by atoms with Crippen molar-refractivity contribution in [3.05, 3.63) is 51.7 Å². The van der Waals surface area contributed by atoms with E-state index in [4.69, 9.17) is 4.74 Å². The maximum Gasteiger partial charge on any atom is 0.235 e. The molecule has 0 aliphatic heterocycles. The van der Waals surface area contributed by atoms with Crippen molar-refractivity contribution in [3.8, 4) is 11.8 Å². The van der Waals surface area contributed by atoms with Crippen LogP contribution in [0.25, 0.3) is 0 Å². The molecule has 2 atom stereocenters. The SMILES string of the molecule is Cc1ccccc1OC(C)c1nnc(SCC(=O)Nc2sc3c(c2C#N)CCC(C)C3)n1C. The maximum absolute atomic E-state index is 12.6. The number of amides is 1. The Morgan fingerprint density at radius 1 is 1.42 bits per heavy atom. The molecule has 1 aromatic carbocycles. The molecule has 1 amide bonds. The molecule has 172 valence electrons. The van der Waals surface area contributed by atoms with Gasteiger partial charge in [-0.2, -0.15) is 5.26 Å². The number of anilines is 1. The second-order valence-electron chi connectivity index (χ2n) is 8.43. The maximum atomic E-state index is 12.6. The molecule has 33 heavy (non-hydrogen) atoms. The molecule has 3 aromatic rings. The largest absolute Gasteiger partial charge is 0.482 e. The molecule has 0 radical (unpaired) electrons. The van der Waals surface area contributed by atoms with Gasteiger partial charge in [-0.3, -0.25) is 4.79 Å². The van der Waals surface area contributed by atoms with Crippen molar-refractivity contribution in [2.75, 3.05) is 11.1 Å². The van der Waals surface area contributed by atoms with Gasteiger partial charge in [0, 0.05) is 11.9 Å². The van der Waals surface area contributed by atoms with Crippen molar-refractivity contribution in [2.45, 2.75) is 51.3 Å². The molecule has 0 bridgehead atoms. The van der Waals surface area contributed by atoms with Gasteiger partial charge in [-0.1, -0.05) is 36.9 Å². The Morgan fingerprint density at radius 2 is 2.21 bits per heavy atom. The van der Waals surface area contributed by atoms with Crippen LogP contribution in [0.4, 0.5) is 5.00 Å². The van der Waals surface area contributed by atoms with Crippen LogP contribution in [0, 0.1) is 24.2 Å². The number of carbonyl (C=O) groups is 1. The van der Waals surface area contributed by atoms with Crippen LogP contribution in [-0.4, -0.2) is 26.4 Å². The number of hydrogen-bond donors (Lipinski definition) is 1. The lowest BCUT2D eigenvalue weighted by atomic mass is 9.89. The zero-order valence-corrected chi connectivity index (χ0v) is 20.8. The molecule has 2 heterocycles. The van der Waals surface area contributed by atoms with E-state index in [0.29, 0.717) is 27.5 Å². The molecular formula is C24H27N5O2S2. The molecule has 2 aromatic heterocycles. The number of nitrogens with zero attached hydrogens (tertiary/aromatic N) is 4. The first-order valence-corrected chi connectivity index (χ1v) is 12.8. The molecule has 1 N–H and O–H groups in total. The number of para-hydroxylation sites is 1. The van der Waals surface area contributed by atoms with Crippen molar-refractivity contribution in [1.82, 2.24) is 14.8 Å². The van der Waals surface area contributed by atoms with Crippen LogP contribution in [0.1, 0.15) is 53.8 Å². The molecule has 0 fully saturated rings. The summed E-state index contributed by atoms with van der Waals surface area (Å²) in [6.45, 7) is 6.16. The highest BCUT2D eigenvalue weighted by Crippen LogP contribution is 2.39. The molecule has 0 saturated carbocycles. The van der Waals surface area contributed by atoms with Crippen molar-refractivity contribution < 1.29 is 9.53 Å². The summed E-state index contributed by atoms with van der Waals surface area (Å²) in [6, 6.07) is 10.1. The number of thiophene rings is 1. The van der Waals surface area contributed by atoms with Gasteiger partial charge in [0.25, 0.3) is 0 Å². The number of hydrogen-bond acceptors (Lipinski definition) is 7. The number of aromatic nitrogens is 3. The minimum Gasteiger partial charge on any atom is -0.482 e. The van der Waals surface area contributed by atoms with Gasteiger partial charge in [-0.15, -0.1) is 21.5 Å².